The summed E-state index contributed by atoms with van der Waals surface area (Å²) in [7, 11) is 1.85. The number of carbonyl (C=O) groups is 1. The average Bonchev–Trinajstić information content (AvgIpc) is 3.07. The number of rotatable bonds is 7. The van der Waals surface area contributed by atoms with Gasteiger partial charge in [-0.3, -0.25) is 9.48 Å². The Hall–Kier alpha value is -3.15. The van der Waals surface area contributed by atoms with Crippen LogP contribution in [-0.4, -0.2) is 15.7 Å². The van der Waals surface area contributed by atoms with Crippen LogP contribution in [0.2, 0.25) is 0 Å². The first-order chi connectivity index (χ1) is 12.6. The van der Waals surface area contributed by atoms with Crippen molar-refractivity contribution in [2.75, 3.05) is 0 Å². The summed E-state index contributed by atoms with van der Waals surface area (Å²) in [5.74, 6) is 0.929. The van der Waals surface area contributed by atoms with Crippen LogP contribution in [0.25, 0.3) is 0 Å². The Morgan fingerprint density at radius 3 is 2.35 bits per heavy atom. The van der Waals surface area contributed by atoms with E-state index in [2.05, 4.69) is 10.4 Å². The van der Waals surface area contributed by atoms with E-state index in [0.29, 0.717) is 30.9 Å². The van der Waals surface area contributed by atoms with Crippen molar-refractivity contribution in [2.24, 2.45) is 7.05 Å². The molecule has 0 spiro atoms. The Morgan fingerprint density at radius 2 is 1.73 bits per heavy atom. The quantitative estimate of drug-likeness (QED) is 0.706. The molecule has 0 aliphatic heterocycles. The van der Waals surface area contributed by atoms with Crippen molar-refractivity contribution >= 4 is 5.91 Å². The molecule has 0 bridgehead atoms. The Morgan fingerprint density at radius 1 is 1.08 bits per heavy atom. The fourth-order valence-corrected chi connectivity index (χ4v) is 2.46. The van der Waals surface area contributed by atoms with Gasteiger partial charge in [-0.1, -0.05) is 12.1 Å². The zero-order chi connectivity index (χ0) is 18.4. The number of ether oxygens (including phenoxy) is 1. The van der Waals surface area contributed by atoms with E-state index in [0.717, 1.165) is 11.1 Å². The second-order valence-corrected chi connectivity index (χ2v) is 6.00. The third-order valence-corrected chi connectivity index (χ3v) is 3.86. The highest BCUT2D eigenvalue weighted by molar-refractivity contribution is 5.76. The Labute approximate surface area is 151 Å². The molecule has 1 aromatic heterocycles. The lowest BCUT2D eigenvalue weighted by Gasteiger charge is -2.08. The van der Waals surface area contributed by atoms with Crippen LogP contribution < -0.4 is 10.1 Å². The molecule has 0 unspecified atom stereocenters. The van der Waals surface area contributed by atoms with Crippen molar-refractivity contribution < 1.29 is 13.9 Å². The maximum atomic E-state index is 12.9. The normalized spacial score (nSPS) is 10.5. The lowest BCUT2D eigenvalue weighted by Crippen LogP contribution is -2.22. The molecule has 0 saturated carbocycles. The fraction of sp³-hybridized carbons (Fsp3) is 0.200. The van der Waals surface area contributed by atoms with Crippen LogP contribution in [0.5, 0.6) is 11.5 Å². The zero-order valence-electron chi connectivity index (χ0n) is 14.5. The van der Waals surface area contributed by atoms with Gasteiger partial charge in [-0.2, -0.15) is 5.10 Å². The second-order valence-electron chi connectivity index (χ2n) is 6.00. The van der Waals surface area contributed by atoms with Crippen LogP contribution >= 0.6 is 0 Å². The molecule has 26 heavy (non-hydrogen) atoms. The fourth-order valence-electron chi connectivity index (χ4n) is 2.46. The van der Waals surface area contributed by atoms with Gasteiger partial charge in [-0.25, -0.2) is 4.39 Å². The van der Waals surface area contributed by atoms with Crippen molar-refractivity contribution in [2.45, 2.75) is 19.4 Å². The van der Waals surface area contributed by atoms with Gasteiger partial charge in [0.1, 0.15) is 17.3 Å². The van der Waals surface area contributed by atoms with Gasteiger partial charge in [0.2, 0.25) is 5.91 Å². The number of carbonyl (C=O) groups excluding carboxylic acids is 1. The minimum absolute atomic E-state index is 0.000455. The van der Waals surface area contributed by atoms with Crippen LogP contribution in [-0.2, 0) is 24.8 Å². The molecule has 6 heteroatoms. The van der Waals surface area contributed by atoms with Gasteiger partial charge in [0, 0.05) is 26.2 Å². The van der Waals surface area contributed by atoms with Crippen LogP contribution in [0.15, 0.2) is 60.9 Å². The number of halogens is 1. The topological polar surface area (TPSA) is 56.2 Å². The van der Waals surface area contributed by atoms with Crippen molar-refractivity contribution in [3.63, 3.8) is 0 Å². The standard InChI is InChI=1S/C20H20FN3O2/c1-24-14-16(13-23-24)4-11-20(25)22-12-15-2-7-18(8-3-15)26-19-9-5-17(21)6-10-19/h2-3,5-10,13-14H,4,11-12H2,1H3,(H,22,25). The van der Waals surface area contributed by atoms with Crippen molar-refractivity contribution in [3.8, 4) is 11.5 Å². The molecule has 0 radical (unpaired) electrons. The first kappa shape index (κ1) is 17.7. The summed E-state index contributed by atoms with van der Waals surface area (Å²) in [4.78, 5) is 11.9. The van der Waals surface area contributed by atoms with Gasteiger partial charge in [0.25, 0.3) is 0 Å². The predicted molar refractivity (Wildman–Crippen MR) is 96.3 cm³/mol. The number of nitrogens with one attached hydrogen (secondary N) is 1. The molecule has 2 aromatic carbocycles. The summed E-state index contributed by atoms with van der Waals surface area (Å²) in [6, 6.07) is 13.3. The number of amides is 1. The van der Waals surface area contributed by atoms with Crippen molar-refractivity contribution in [1.29, 1.82) is 0 Å². The number of aryl methyl sites for hydroxylation is 2. The molecule has 3 rings (SSSR count). The molecule has 0 atom stereocenters. The summed E-state index contributed by atoms with van der Waals surface area (Å²) in [6.45, 7) is 0.461. The number of aromatic nitrogens is 2. The van der Waals surface area contributed by atoms with Gasteiger partial charge in [-0.15, -0.1) is 0 Å². The largest absolute Gasteiger partial charge is 0.457 e. The van der Waals surface area contributed by atoms with Crippen LogP contribution in [0.3, 0.4) is 0 Å². The second kappa shape index (κ2) is 8.29. The maximum absolute atomic E-state index is 12.9. The summed E-state index contributed by atoms with van der Waals surface area (Å²) in [5.41, 5.74) is 2.02. The van der Waals surface area contributed by atoms with E-state index in [1.54, 1.807) is 23.0 Å². The van der Waals surface area contributed by atoms with E-state index in [-0.39, 0.29) is 11.7 Å². The molecule has 3 aromatic rings. The molecule has 5 nitrogen and oxygen atoms in total. The number of nitrogens with zero attached hydrogens (tertiary/aromatic N) is 2. The predicted octanol–water partition coefficient (Wildman–Crippen LogP) is 3.60. The van der Waals surface area contributed by atoms with E-state index in [1.807, 2.05) is 37.5 Å². The molecule has 0 saturated heterocycles. The molecule has 0 fully saturated rings. The van der Waals surface area contributed by atoms with E-state index in [9.17, 15) is 9.18 Å². The first-order valence-corrected chi connectivity index (χ1v) is 8.35. The van der Waals surface area contributed by atoms with Gasteiger partial charge in [0.15, 0.2) is 0 Å². The van der Waals surface area contributed by atoms with Gasteiger partial charge >= 0.3 is 0 Å². The lowest BCUT2D eigenvalue weighted by atomic mass is 10.2. The van der Waals surface area contributed by atoms with Gasteiger partial charge in [0.05, 0.1) is 6.20 Å². The Kier molecular flexibility index (Phi) is 5.63. The van der Waals surface area contributed by atoms with Crippen molar-refractivity contribution in [1.82, 2.24) is 15.1 Å². The minimum atomic E-state index is -0.299. The molecule has 0 aliphatic carbocycles. The first-order valence-electron chi connectivity index (χ1n) is 8.35. The zero-order valence-corrected chi connectivity index (χ0v) is 14.5. The van der Waals surface area contributed by atoms with Crippen LogP contribution in [0.1, 0.15) is 17.5 Å². The van der Waals surface area contributed by atoms with Gasteiger partial charge in [-0.05, 0) is 53.9 Å². The molecule has 0 aliphatic rings. The van der Waals surface area contributed by atoms with E-state index in [4.69, 9.17) is 4.74 Å². The highest BCUT2D eigenvalue weighted by Crippen LogP contribution is 2.21. The van der Waals surface area contributed by atoms with Crippen LogP contribution in [0, 0.1) is 5.82 Å². The van der Waals surface area contributed by atoms with E-state index < -0.39 is 0 Å². The van der Waals surface area contributed by atoms with E-state index in [1.165, 1.54) is 12.1 Å². The average molecular weight is 353 g/mol. The van der Waals surface area contributed by atoms with Crippen molar-refractivity contribution in [3.05, 3.63) is 77.9 Å². The summed E-state index contributed by atoms with van der Waals surface area (Å²) >= 11 is 0. The summed E-state index contributed by atoms with van der Waals surface area (Å²) < 4.78 is 20.3. The smallest absolute Gasteiger partial charge is 0.220 e. The molecular weight excluding hydrogens is 333 g/mol. The highest BCUT2D eigenvalue weighted by Gasteiger charge is 2.04. The maximum Gasteiger partial charge on any atom is 0.220 e. The molecule has 1 amide bonds. The Balaban J connectivity index is 1.44. The highest BCUT2D eigenvalue weighted by atomic mass is 19.1. The molecular formula is C20H20FN3O2. The summed E-state index contributed by atoms with van der Waals surface area (Å²) in [6.07, 6.45) is 4.78. The SMILES string of the molecule is Cn1cc(CCC(=O)NCc2ccc(Oc3ccc(F)cc3)cc2)cn1. The van der Waals surface area contributed by atoms with Gasteiger partial charge < -0.3 is 10.1 Å². The monoisotopic (exact) mass is 353 g/mol. The van der Waals surface area contributed by atoms with E-state index >= 15 is 0 Å². The molecule has 1 heterocycles. The number of benzene rings is 2. The molecule has 1 N–H and O–H groups in total. The summed E-state index contributed by atoms with van der Waals surface area (Å²) in [5, 5.41) is 6.99. The Bertz CT molecular complexity index is 858. The molecule has 134 valence electrons. The number of hydrogen-bond donors (Lipinski definition) is 1. The minimum Gasteiger partial charge on any atom is -0.457 e. The number of hydrogen-bond acceptors (Lipinski definition) is 3. The third-order valence-electron chi connectivity index (χ3n) is 3.86. The lowest BCUT2D eigenvalue weighted by molar-refractivity contribution is -0.121. The van der Waals surface area contributed by atoms with Crippen LogP contribution in [0.4, 0.5) is 4.39 Å². The third kappa shape index (κ3) is 5.17.